The van der Waals surface area contributed by atoms with Crippen LogP contribution in [-0.4, -0.2) is 26.6 Å². The maximum Gasteiger partial charge on any atom is 0.289 e. The van der Waals surface area contributed by atoms with Crippen LogP contribution in [0.25, 0.3) is 0 Å². The number of rotatable bonds is 2. The van der Waals surface area contributed by atoms with Gasteiger partial charge in [0.25, 0.3) is 5.91 Å². The van der Waals surface area contributed by atoms with E-state index >= 15 is 0 Å². The monoisotopic (exact) mass is 193 g/mol. The molecule has 1 rings (SSSR count). The van der Waals surface area contributed by atoms with E-state index in [9.17, 15) is 4.79 Å². The molecule has 0 aliphatic carbocycles. The summed E-state index contributed by atoms with van der Waals surface area (Å²) in [5.41, 5.74) is 4.52. The predicted molar refractivity (Wildman–Crippen MR) is 51.2 cm³/mol. The van der Waals surface area contributed by atoms with Gasteiger partial charge in [0, 0.05) is 0 Å². The average molecular weight is 193 g/mol. The molecule has 74 valence electrons. The van der Waals surface area contributed by atoms with Crippen molar-refractivity contribution in [1.82, 2.24) is 20.5 Å². The minimum absolute atomic E-state index is 0.0219. The minimum atomic E-state index is -0.724. The highest BCUT2D eigenvalue weighted by atomic mass is 16.2. The maximum absolute atomic E-state index is 11.4. The van der Waals surface area contributed by atoms with Crippen LogP contribution in [0.15, 0.2) is 0 Å². The summed E-state index contributed by atoms with van der Waals surface area (Å²) in [5.74, 6) is 2.06. The fourth-order valence-corrected chi connectivity index (χ4v) is 0.755. The van der Waals surface area contributed by atoms with Crippen LogP contribution >= 0.6 is 0 Å². The highest BCUT2D eigenvalue weighted by Crippen LogP contribution is 2.01. The summed E-state index contributed by atoms with van der Waals surface area (Å²) in [4.78, 5) is 15.1. The number of nitrogens with one attached hydrogen (secondary N) is 2. The van der Waals surface area contributed by atoms with Gasteiger partial charge in [-0.3, -0.25) is 9.89 Å². The van der Waals surface area contributed by atoms with Gasteiger partial charge in [-0.2, -0.15) is 4.98 Å². The summed E-state index contributed by atoms with van der Waals surface area (Å²) in [5, 5.41) is 8.48. The molecule has 1 aromatic rings. The Morgan fingerprint density at radius 2 is 2.36 bits per heavy atom. The lowest BCUT2D eigenvalue weighted by molar-refractivity contribution is 0.0919. The first-order valence-electron chi connectivity index (χ1n) is 3.93. The van der Waals surface area contributed by atoms with Crippen LogP contribution in [0.1, 0.15) is 24.5 Å². The molecule has 0 fully saturated rings. The van der Waals surface area contributed by atoms with E-state index < -0.39 is 11.4 Å². The molecule has 6 heteroatoms. The number of hydrogen-bond acceptors (Lipinski definition) is 4. The summed E-state index contributed by atoms with van der Waals surface area (Å²) in [6.45, 7) is 3.40. The number of H-pyrrole nitrogens is 1. The van der Waals surface area contributed by atoms with Crippen molar-refractivity contribution in [2.45, 2.75) is 19.4 Å². The van der Waals surface area contributed by atoms with Gasteiger partial charge in [-0.1, -0.05) is 5.92 Å². The highest BCUT2D eigenvalue weighted by molar-refractivity contribution is 5.91. The fourth-order valence-electron chi connectivity index (χ4n) is 0.755. The van der Waals surface area contributed by atoms with Gasteiger partial charge >= 0.3 is 0 Å². The average Bonchev–Trinajstić information content (AvgIpc) is 2.51. The Bertz CT molecular complexity index is 387. The van der Waals surface area contributed by atoms with Gasteiger partial charge in [-0.15, -0.1) is 11.5 Å². The van der Waals surface area contributed by atoms with Crippen molar-refractivity contribution < 1.29 is 4.79 Å². The van der Waals surface area contributed by atoms with Gasteiger partial charge in [0.15, 0.2) is 0 Å². The van der Waals surface area contributed by atoms with Crippen molar-refractivity contribution in [3.8, 4) is 12.3 Å². The number of nitrogen functional groups attached to an aromatic ring is 1. The summed E-state index contributed by atoms with van der Waals surface area (Å²) >= 11 is 0. The molecule has 1 aromatic heterocycles. The van der Waals surface area contributed by atoms with E-state index in [1.807, 2.05) is 0 Å². The fraction of sp³-hybridized carbons (Fsp3) is 0.375. The van der Waals surface area contributed by atoms with Gasteiger partial charge in [-0.05, 0) is 13.8 Å². The Morgan fingerprint density at radius 1 is 1.71 bits per heavy atom. The number of terminal acetylenes is 1. The van der Waals surface area contributed by atoms with Crippen LogP contribution in [-0.2, 0) is 0 Å². The molecule has 0 bridgehead atoms. The van der Waals surface area contributed by atoms with Crippen molar-refractivity contribution in [2.24, 2.45) is 0 Å². The second kappa shape index (κ2) is 3.38. The second-order valence-electron chi connectivity index (χ2n) is 3.27. The molecular weight excluding hydrogens is 182 g/mol. The van der Waals surface area contributed by atoms with Crippen LogP contribution in [0.2, 0.25) is 0 Å². The van der Waals surface area contributed by atoms with E-state index in [0.29, 0.717) is 0 Å². The number of hydrogen-bond donors (Lipinski definition) is 3. The lowest BCUT2D eigenvalue weighted by Crippen LogP contribution is -2.42. The number of anilines is 1. The Labute approximate surface area is 81.3 Å². The lowest BCUT2D eigenvalue weighted by Gasteiger charge is -2.18. The molecule has 0 radical (unpaired) electrons. The zero-order valence-electron chi connectivity index (χ0n) is 7.96. The molecule has 6 nitrogen and oxygen atoms in total. The number of aromatic amines is 1. The van der Waals surface area contributed by atoms with Gasteiger partial charge in [0.05, 0.1) is 5.54 Å². The number of amides is 1. The van der Waals surface area contributed by atoms with Crippen molar-refractivity contribution in [3.05, 3.63) is 5.82 Å². The third-order valence-corrected chi connectivity index (χ3v) is 1.50. The molecule has 4 N–H and O–H groups in total. The van der Waals surface area contributed by atoms with E-state index in [1.165, 1.54) is 0 Å². The van der Waals surface area contributed by atoms with Crippen molar-refractivity contribution in [1.29, 1.82) is 0 Å². The van der Waals surface area contributed by atoms with Crippen molar-refractivity contribution in [2.75, 3.05) is 5.73 Å². The third kappa shape index (κ3) is 2.23. The van der Waals surface area contributed by atoms with Crippen LogP contribution in [0.4, 0.5) is 5.95 Å². The number of carbonyl (C=O) groups excluding carboxylic acids is 1. The molecular formula is C8H11N5O. The molecule has 0 saturated carbocycles. The van der Waals surface area contributed by atoms with Gasteiger partial charge in [-0.25, -0.2) is 0 Å². The number of nitrogens with zero attached hydrogens (tertiary/aromatic N) is 2. The second-order valence-corrected chi connectivity index (χ2v) is 3.27. The van der Waals surface area contributed by atoms with Crippen LogP contribution < -0.4 is 11.1 Å². The van der Waals surface area contributed by atoms with E-state index in [0.717, 1.165) is 0 Å². The molecule has 0 unspecified atom stereocenters. The normalized spacial score (nSPS) is 10.6. The molecule has 0 aromatic carbocycles. The quantitative estimate of drug-likeness (QED) is 0.553. The zero-order chi connectivity index (χ0) is 10.8. The van der Waals surface area contributed by atoms with Gasteiger partial charge in [0.1, 0.15) is 0 Å². The molecule has 1 amide bonds. The summed E-state index contributed by atoms with van der Waals surface area (Å²) in [6, 6.07) is 0. The van der Waals surface area contributed by atoms with Crippen molar-refractivity contribution >= 4 is 11.9 Å². The van der Waals surface area contributed by atoms with E-state index in [1.54, 1.807) is 13.8 Å². The smallest absolute Gasteiger partial charge is 0.289 e. The maximum atomic E-state index is 11.4. The molecule has 0 atom stereocenters. The Hall–Kier alpha value is -2.03. The van der Waals surface area contributed by atoms with Crippen molar-refractivity contribution in [3.63, 3.8) is 0 Å². The van der Waals surface area contributed by atoms with E-state index in [2.05, 4.69) is 26.4 Å². The first-order chi connectivity index (χ1) is 6.44. The molecule has 14 heavy (non-hydrogen) atoms. The number of aromatic nitrogens is 3. The molecule has 1 heterocycles. The van der Waals surface area contributed by atoms with E-state index in [4.69, 9.17) is 12.2 Å². The van der Waals surface area contributed by atoms with Crippen LogP contribution in [0, 0.1) is 12.3 Å². The Morgan fingerprint density at radius 3 is 2.79 bits per heavy atom. The standard InChI is InChI=1S/C8H11N5O/c1-4-8(2,3)11-6(14)5-10-7(9)13-12-5/h1H,2-3H3,(H,11,14)(H3,9,10,12,13). The SMILES string of the molecule is C#CC(C)(C)NC(=O)c1nc(N)n[nH]1. The first kappa shape index (κ1) is 10.1. The topological polar surface area (TPSA) is 96.7 Å². The van der Waals surface area contributed by atoms with Crippen LogP contribution in [0.5, 0.6) is 0 Å². The summed E-state index contributed by atoms with van der Waals surface area (Å²) < 4.78 is 0. The molecule has 0 aliphatic rings. The first-order valence-corrected chi connectivity index (χ1v) is 3.93. The third-order valence-electron chi connectivity index (χ3n) is 1.50. The lowest BCUT2D eigenvalue weighted by atomic mass is 10.1. The highest BCUT2D eigenvalue weighted by Gasteiger charge is 2.20. The number of nitrogens with two attached hydrogens (primary N) is 1. The molecule has 0 aliphatic heterocycles. The predicted octanol–water partition coefficient (Wildman–Crippen LogP) is -0.472. The molecule has 0 saturated heterocycles. The molecule has 0 spiro atoms. The summed E-state index contributed by atoms with van der Waals surface area (Å²) in [7, 11) is 0. The minimum Gasteiger partial charge on any atom is -0.366 e. The van der Waals surface area contributed by atoms with Crippen LogP contribution in [0.3, 0.4) is 0 Å². The Kier molecular flexibility index (Phi) is 2.42. The zero-order valence-corrected chi connectivity index (χ0v) is 7.96. The van der Waals surface area contributed by atoms with E-state index in [-0.39, 0.29) is 11.8 Å². The van der Waals surface area contributed by atoms with Gasteiger partial charge in [0.2, 0.25) is 11.8 Å². The largest absolute Gasteiger partial charge is 0.366 e. The number of carbonyl (C=O) groups is 1. The Balaban J connectivity index is 2.74. The summed E-state index contributed by atoms with van der Waals surface area (Å²) in [6.07, 6.45) is 5.20. The van der Waals surface area contributed by atoms with Gasteiger partial charge < -0.3 is 11.1 Å².